The third kappa shape index (κ3) is 3.57. The van der Waals surface area contributed by atoms with Gasteiger partial charge in [0.1, 0.15) is 5.60 Å². The van der Waals surface area contributed by atoms with Gasteiger partial charge in [-0.2, -0.15) is 0 Å². The largest absolute Gasteiger partial charge is 0.444 e. The van der Waals surface area contributed by atoms with Gasteiger partial charge < -0.3 is 9.64 Å². The molecule has 0 aliphatic carbocycles. The third-order valence-corrected chi connectivity index (χ3v) is 2.44. The zero-order valence-corrected chi connectivity index (χ0v) is 9.95. The highest BCUT2D eigenvalue weighted by Crippen LogP contribution is 2.22. The predicted molar refractivity (Wildman–Crippen MR) is 60.8 cm³/mol. The van der Waals surface area contributed by atoms with Crippen LogP contribution in [0.5, 0.6) is 0 Å². The second-order valence-corrected chi connectivity index (χ2v) is 4.99. The summed E-state index contributed by atoms with van der Waals surface area (Å²) in [6.07, 6.45) is 4.67. The van der Waals surface area contributed by atoms with Crippen LogP contribution in [0.25, 0.3) is 0 Å². The van der Waals surface area contributed by atoms with E-state index in [2.05, 4.69) is 6.58 Å². The van der Waals surface area contributed by atoms with Crippen LogP contribution < -0.4 is 0 Å². The van der Waals surface area contributed by atoms with E-state index in [-0.39, 0.29) is 12.1 Å². The molecule has 1 atom stereocenters. The number of likely N-dealkylation sites (tertiary alicyclic amines) is 1. The first-order chi connectivity index (χ1) is 6.94. The van der Waals surface area contributed by atoms with Crippen molar-refractivity contribution in [3.8, 4) is 0 Å². The summed E-state index contributed by atoms with van der Waals surface area (Å²) in [5.74, 6) is 0. The lowest BCUT2D eigenvalue weighted by Crippen LogP contribution is -2.39. The van der Waals surface area contributed by atoms with Crippen molar-refractivity contribution in [2.45, 2.75) is 51.7 Å². The highest BCUT2D eigenvalue weighted by atomic mass is 16.6. The second kappa shape index (κ2) is 4.69. The minimum atomic E-state index is -0.404. The van der Waals surface area contributed by atoms with Crippen molar-refractivity contribution >= 4 is 6.09 Å². The standard InChI is InChI=1S/C12H21NO2/c1-5-7-10-8-6-9-13(10)11(14)15-12(2,3)4/h5,10H,1,6-9H2,2-4H3. The van der Waals surface area contributed by atoms with Crippen LogP contribution in [0.2, 0.25) is 0 Å². The quantitative estimate of drug-likeness (QED) is 0.657. The molecule has 0 radical (unpaired) electrons. The fraction of sp³-hybridized carbons (Fsp3) is 0.750. The number of ether oxygens (including phenoxy) is 1. The van der Waals surface area contributed by atoms with Gasteiger partial charge in [-0.1, -0.05) is 6.08 Å². The molecule has 1 aliphatic rings. The van der Waals surface area contributed by atoms with Gasteiger partial charge in [-0.25, -0.2) is 4.79 Å². The first kappa shape index (κ1) is 12.1. The lowest BCUT2D eigenvalue weighted by atomic mass is 10.1. The maximum Gasteiger partial charge on any atom is 0.410 e. The number of amides is 1. The van der Waals surface area contributed by atoms with Gasteiger partial charge in [0.2, 0.25) is 0 Å². The molecule has 0 aromatic carbocycles. The molecule has 0 spiro atoms. The maximum absolute atomic E-state index is 11.8. The minimum Gasteiger partial charge on any atom is -0.444 e. The normalized spacial score (nSPS) is 21.5. The summed E-state index contributed by atoms with van der Waals surface area (Å²) in [5, 5.41) is 0. The zero-order chi connectivity index (χ0) is 11.5. The molecule has 1 amide bonds. The highest BCUT2D eigenvalue weighted by molar-refractivity contribution is 5.68. The van der Waals surface area contributed by atoms with E-state index in [0.717, 1.165) is 25.8 Å². The monoisotopic (exact) mass is 211 g/mol. The first-order valence-electron chi connectivity index (χ1n) is 5.54. The van der Waals surface area contributed by atoms with Crippen molar-refractivity contribution in [3.05, 3.63) is 12.7 Å². The topological polar surface area (TPSA) is 29.5 Å². The van der Waals surface area contributed by atoms with Gasteiger partial charge in [-0.15, -0.1) is 6.58 Å². The van der Waals surface area contributed by atoms with E-state index in [0.29, 0.717) is 0 Å². The number of hydrogen-bond acceptors (Lipinski definition) is 2. The Balaban J connectivity index is 2.54. The van der Waals surface area contributed by atoms with Crippen molar-refractivity contribution in [1.82, 2.24) is 4.90 Å². The average Bonchev–Trinajstić information content (AvgIpc) is 2.49. The van der Waals surface area contributed by atoms with Crippen molar-refractivity contribution < 1.29 is 9.53 Å². The lowest BCUT2D eigenvalue weighted by molar-refractivity contribution is 0.0228. The molecule has 1 saturated heterocycles. The molecule has 3 heteroatoms. The van der Waals surface area contributed by atoms with Crippen LogP contribution in [0.1, 0.15) is 40.0 Å². The Hall–Kier alpha value is -0.990. The number of rotatable bonds is 2. The predicted octanol–water partition coefficient (Wildman–Crippen LogP) is 2.96. The highest BCUT2D eigenvalue weighted by Gasteiger charge is 2.31. The van der Waals surface area contributed by atoms with Crippen molar-refractivity contribution in [2.24, 2.45) is 0 Å². The van der Waals surface area contributed by atoms with Gasteiger partial charge in [-0.3, -0.25) is 0 Å². The summed E-state index contributed by atoms with van der Waals surface area (Å²) in [5.41, 5.74) is -0.404. The second-order valence-electron chi connectivity index (χ2n) is 4.99. The Kier molecular flexibility index (Phi) is 3.77. The molecule has 3 nitrogen and oxygen atoms in total. The van der Waals surface area contributed by atoms with Crippen LogP contribution in [0, 0.1) is 0 Å². The number of hydrogen-bond donors (Lipinski definition) is 0. The van der Waals surface area contributed by atoms with E-state index < -0.39 is 5.60 Å². The Morgan fingerprint density at radius 2 is 2.27 bits per heavy atom. The van der Waals surface area contributed by atoms with Gasteiger partial charge in [0.25, 0.3) is 0 Å². The van der Waals surface area contributed by atoms with Crippen LogP contribution in [0.15, 0.2) is 12.7 Å². The molecule has 0 aromatic rings. The summed E-state index contributed by atoms with van der Waals surface area (Å²) < 4.78 is 5.35. The summed E-state index contributed by atoms with van der Waals surface area (Å²) in [7, 11) is 0. The summed E-state index contributed by atoms with van der Waals surface area (Å²) >= 11 is 0. The molecule has 86 valence electrons. The molecular weight excluding hydrogens is 190 g/mol. The minimum absolute atomic E-state index is 0.188. The Bertz CT molecular complexity index is 242. The van der Waals surface area contributed by atoms with Crippen LogP contribution >= 0.6 is 0 Å². The van der Waals surface area contributed by atoms with Gasteiger partial charge in [0.05, 0.1) is 0 Å². The molecule has 15 heavy (non-hydrogen) atoms. The third-order valence-electron chi connectivity index (χ3n) is 2.44. The smallest absolute Gasteiger partial charge is 0.410 e. The maximum atomic E-state index is 11.8. The van der Waals surface area contributed by atoms with E-state index >= 15 is 0 Å². The molecule has 1 aliphatic heterocycles. The van der Waals surface area contributed by atoms with Gasteiger partial charge in [0.15, 0.2) is 0 Å². The van der Waals surface area contributed by atoms with Gasteiger partial charge >= 0.3 is 6.09 Å². The molecule has 0 N–H and O–H groups in total. The van der Waals surface area contributed by atoms with Gasteiger partial charge in [-0.05, 0) is 40.0 Å². The molecule has 0 bridgehead atoms. The molecule has 0 aromatic heterocycles. The average molecular weight is 211 g/mol. The number of nitrogens with zero attached hydrogens (tertiary/aromatic N) is 1. The Labute approximate surface area is 92.1 Å². The van der Waals surface area contributed by atoms with Crippen LogP contribution in [0.3, 0.4) is 0 Å². The first-order valence-corrected chi connectivity index (χ1v) is 5.54. The van der Waals surface area contributed by atoms with E-state index in [1.54, 1.807) is 0 Å². The van der Waals surface area contributed by atoms with Crippen LogP contribution in [-0.2, 0) is 4.74 Å². The SMILES string of the molecule is C=CCC1CCCN1C(=O)OC(C)(C)C. The van der Waals surface area contributed by atoms with Gasteiger partial charge in [0, 0.05) is 12.6 Å². The van der Waals surface area contributed by atoms with E-state index in [4.69, 9.17) is 4.74 Å². The van der Waals surface area contributed by atoms with Crippen LogP contribution in [0.4, 0.5) is 4.79 Å². The van der Waals surface area contributed by atoms with Crippen molar-refractivity contribution in [1.29, 1.82) is 0 Å². The molecule has 0 saturated carbocycles. The molecule has 1 rings (SSSR count). The Morgan fingerprint density at radius 3 is 2.80 bits per heavy atom. The summed E-state index contributed by atoms with van der Waals surface area (Å²) in [4.78, 5) is 13.6. The summed E-state index contributed by atoms with van der Waals surface area (Å²) in [6, 6.07) is 0.289. The Morgan fingerprint density at radius 1 is 1.60 bits per heavy atom. The number of carbonyl (C=O) groups excluding carboxylic acids is 1. The van der Waals surface area contributed by atoms with Crippen LogP contribution in [-0.4, -0.2) is 29.2 Å². The molecule has 1 heterocycles. The molecule has 1 unspecified atom stereocenters. The molecular formula is C12H21NO2. The van der Waals surface area contributed by atoms with E-state index in [1.165, 1.54) is 0 Å². The fourth-order valence-electron chi connectivity index (χ4n) is 1.83. The van der Waals surface area contributed by atoms with Crippen molar-refractivity contribution in [2.75, 3.05) is 6.54 Å². The van der Waals surface area contributed by atoms with E-state index in [9.17, 15) is 4.79 Å². The fourth-order valence-corrected chi connectivity index (χ4v) is 1.83. The zero-order valence-electron chi connectivity index (χ0n) is 9.95. The lowest BCUT2D eigenvalue weighted by Gasteiger charge is -2.28. The number of carbonyl (C=O) groups is 1. The summed E-state index contributed by atoms with van der Waals surface area (Å²) in [6.45, 7) is 10.2. The molecule has 1 fully saturated rings. The van der Waals surface area contributed by atoms with Crippen molar-refractivity contribution in [3.63, 3.8) is 0 Å². The van der Waals surface area contributed by atoms with E-state index in [1.807, 2.05) is 31.7 Å².